The summed E-state index contributed by atoms with van der Waals surface area (Å²) in [5, 5.41) is 0. The molecule has 0 bridgehead atoms. The molecule has 2 rings (SSSR count). The van der Waals surface area contributed by atoms with Crippen molar-refractivity contribution in [1.29, 1.82) is 0 Å². The van der Waals surface area contributed by atoms with Gasteiger partial charge >= 0.3 is 19.3 Å². The Morgan fingerprint density at radius 1 is 0.939 bits per heavy atom. The van der Waals surface area contributed by atoms with Crippen molar-refractivity contribution in [3.05, 3.63) is 11.9 Å². The van der Waals surface area contributed by atoms with Crippen LogP contribution in [0.25, 0.3) is 0 Å². The monoisotopic (exact) mass is 464 g/mol. The molecule has 0 unspecified atom stereocenters. The van der Waals surface area contributed by atoms with Crippen LogP contribution in [0.3, 0.4) is 0 Å². The van der Waals surface area contributed by atoms with Crippen LogP contribution in [0, 0.1) is 6.92 Å². The van der Waals surface area contributed by atoms with Crippen molar-refractivity contribution in [2.45, 2.75) is 98.6 Å². The molecule has 1 aromatic rings. The van der Waals surface area contributed by atoms with Crippen LogP contribution in [-0.4, -0.2) is 53.8 Å². The zero-order valence-electron chi connectivity index (χ0n) is 21.9. The zero-order chi connectivity index (χ0) is 25.6. The lowest BCUT2D eigenvalue weighted by atomic mass is 9.79. The molecule has 33 heavy (non-hydrogen) atoms. The maximum Gasteiger partial charge on any atom is 0.500 e. The Kier molecular flexibility index (Phi) is 7.17. The highest BCUT2D eigenvalue weighted by Crippen LogP contribution is 2.39. The molecule has 9 nitrogen and oxygen atoms in total. The average molecular weight is 464 g/mol. The third kappa shape index (κ3) is 5.98. The van der Waals surface area contributed by atoms with Gasteiger partial charge in [-0.3, -0.25) is 4.98 Å². The van der Waals surface area contributed by atoms with Crippen molar-refractivity contribution in [3.63, 3.8) is 0 Å². The van der Waals surface area contributed by atoms with Crippen LogP contribution in [0.15, 0.2) is 6.20 Å². The number of amides is 2. The Morgan fingerprint density at radius 3 is 1.73 bits per heavy atom. The predicted octanol–water partition coefficient (Wildman–Crippen LogP) is 4.37. The number of ether oxygens (including phenoxy) is 3. The summed E-state index contributed by atoms with van der Waals surface area (Å²) < 4.78 is 29.0. The van der Waals surface area contributed by atoms with E-state index in [1.165, 1.54) is 7.11 Å². The lowest BCUT2D eigenvalue weighted by molar-refractivity contribution is 0.00578. The number of carbonyl (C=O) groups excluding carboxylic acids is 2. The second kappa shape index (κ2) is 8.79. The SMILES string of the molecule is COc1c(B2OC(C)(C)C(C)(C)O2)cnc(C)c1N(C(=O)OC(C)(C)C)C(=O)OC(C)(C)C. The van der Waals surface area contributed by atoms with E-state index in [0.29, 0.717) is 11.2 Å². The molecule has 0 atom stereocenters. The van der Waals surface area contributed by atoms with E-state index in [-0.39, 0.29) is 11.4 Å². The molecule has 1 aliphatic rings. The number of aryl methyl sites for hydroxylation is 1. The number of methoxy groups -OCH3 is 1. The van der Waals surface area contributed by atoms with Gasteiger partial charge in [0.05, 0.1) is 24.0 Å². The van der Waals surface area contributed by atoms with Crippen LogP contribution < -0.4 is 15.1 Å². The van der Waals surface area contributed by atoms with Crippen LogP contribution in [0.2, 0.25) is 0 Å². The number of rotatable bonds is 3. The van der Waals surface area contributed by atoms with Crippen molar-refractivity contribution in [3.8, 4) is 5.75 Å². The first-order chi connectivity index (χ1) is 14.8. The van der Waals surface area contributed by atoms with Gasteiger partial charge in [-0.1, -0.05) is 0 Å². The first-order valence-electron chi connectivity index (χ1n) is 10.9. The number of carbonyl (C=O) groups is 2. The topological polar surface area (TPSA) is 96.4 Å². The van der Waals surface area contributed by atoms with Gasteiger partial charge in [-0.05, 0) is 76.2 Å². The summed E-state index contributed by atoms with van der Waals surface area (Å²) in [5.74, 6) is 0.206. The van der Waals surface area contributed by atoms with Crippen molar-refractivity contribution < 1.29 is 33.1 Å². The number of aromatic nitrogens is 1. The lowest BCUT2D eigenvalue weighted by Crippen LogP contribution is -2.45. The van der Waals surface area contributed by atoms with Gasteiger partial charge < -0.3 is 23.5 Å². The third-order valence-electron chi connectivity index (χ3n) is 5.30. The fourth-order valence-electron chi connectivity index (χ4n) is 3.08. The Hall–Kier alpha value is -2.33. The number of hydrogen-bond acceptors (Lipinski definition) is 8. The van der Waals surface area contributed by atoms with Crippen LogP contribution >= 0.6 is 0 Å². The molecule has 2 heterocycles. The standard InChI is InChI=1S/C23H37BN2O7/c1-14-16(26(18(27)30-20(2,3)4)19(28)31-21(5,6)7)17(29-12)15(13-25-14)24-32-22(8,9)23(10,11)33-24/h13H,1-12H3. The molecule has 10 heteroatoms. The Labute approximate surface area is 197 Å². The second-order valence-corrected chi connectivity index (χ2v) is 11.1. The molecule has 0 aromatic carbocycles. The fourth-order valence-corrected chi connectivity index (χ4v) is 3.08. The number of nitrogens with zero attached hydrogens (tertiary/aromatic N) is 2. The van der Waals surface area contributed by atoms with Gasteiger partial charge in [0.15, 0.2) is 0 Å². The van der Waals surface area contributed by atoms with E-state index in [1.807, 2.05) is 27.7 Å². The molecule has 2 amide bonds. The quantitative estimate of drug-likeness (QED) is 0.609. The van der Waals surface area contributed by atoms with Gasteiger partial charge in [-0.2, -0.15) is 4.90 Å². The van der Waals surface area contributed by atoms with E-state index in [1.54, 1.807) is 54.7 Å². The summed E-state index contributed by atoms with van der Waals surface area (Å²) in [4.78, 5) is 31.6. The summed E-state index contributed by atoms with van der Waals surface area (Å²) in [6.45, 7) is 19.6. The molecule has 184 valence electrons. The minimum Gasteiger partial charge on any atom is -0.495 e. The normalized spacial score (nSPS) is 17.5. The molecule has 0 saturated carbocycles. The largest absolute Gasteiger partial charge is 0.500 e. The van der Waals surface area contributed by atoms with E-state index < -0.39 is 41.7 Å². The molecule has 0 aliphatic carbocycles. The number of anilines is 1. The summed E-state index contributed by atoms with van der Waals surface area (Å²) in [5.41, 5.74) is -2.01. The highest BCUT2D eigenvalue weighted by Gasteiger charge is 2.53. The lowest BCUT2D eigenvalue weighted by Gasteiger charge is -2.32. The van der Waals surface area contributed by atoms with E-state index in [4.69, 9.17) is 23.5 Å². The Morgan fingerprint density at radius 2 is 1.36 bits per heavy atom. The maximum absolute atomic E-state index is 13.2. The molecule has 1 aromatic heterocycles. The average Bonchev–Trinajstić information content (AvgIpc) is 2.80. The summed E-state index contributed by atoms with van der Waals surface area (Å²) in [7, 11) is 0.617. The first kappa shape index (κ1) is 26.9. The molecule has 1 fully saturated rings. The molecule has 0 N–H and O–H groups in total. The molecule has 0 spiro atoms. The number of hydrogen-bond donors (Lipinski definition) is 0. The van der Waals surface area contributed by atoms with Crippen molar-refractivity contribution in [2.75, 3.05) is 12.0 Å². The second-order valence-electron chi connectivity index (χ2n) is 11.1. The first-order valence-corrected chi connectivity index (χ1v) is 10.9. The predicted molar refractivity (Wildman–Crippen MR) is 126 cm³/mol. The van der Waals surface area contributed by atoms with Gasteiger partial charge in [0.25, 0.3) is 0 Å². The Balaban J connectivity index is 2.67. The third-order valence-corrected chi connectivity index (χ3v) is 5.30. The van der Waals surface area contributed by atoms with E-state index in [2.05, 4.69) is 4.98 Å². The molecular formula is C23H37BN2O7. The summed E-state index contributed by atoms with van der Waals surface area (Å²) >= 11 is 0. The van der Waals surface area contributed by atoms with Gasteiger partial charge in [0.1, 0.15) is 22.6 Å². The summed E-state index contributed by atoms with van der Waals surface area (Å²) in [6.07, 6.45) is -0.264. The minimum atomic E-state index is -0.911. The Bertz CT molecular complexity index is 873. The highest BCUT2D eigenvalue weighted by atomic mass is 16.7. The van der Waals surface area contributed by atoms with Crippen LogP contribution in [0.5, 0.6) is 5.75 Å². The minimum absolute atomic E-state index is 0.105. The van der Waals surface area contributed by atoms with E-state index >= 15 is 0 Å². The molecular weight excluding hydrogens is 427 g/mol. The van der Waals surface area contributed by atoms with E-state index in [0.717, 1.165) is 4.90 Å². The molecule has 1 aliphatic heterocycles. The fraction of sp³-hybridized carbons (Fsp3) is 0.696. The van der Waals surface area contributed by atoms with Gasteiger partial charge in [0.2, 0.25) is 0 Å². The van der Waals surface area contributed by atoms with Gasteiger partial charge in [0, 0.05) is 11.7 Å². The summed E-state index contributed by atoms with van der Waals surface area (Å²) in [6, 6.07) is 0. The highest BCUT2D eigenvalue weighted by molar-refractivity contribution is 6.63. The van der Waals surface area contributed by atoms with E-state index in [9.17, 15) is 9.59 Å². The van der Waals surface area contributed by atoms with Gasteiger partial charge in [-0.15, -0.1) is 0 Å². The zero-order valence-corrected chi connectivity index (χ0v) is 21.9. The smallest absolute Gasteiger partial charge is 0.495 e. The van der Waals surface area contributed by atoms with Crippen molar-refractivity contribution >= 4 is 30.5 Å². The number of imide groups is 1. The number of pyridine rings is 1. The molecule has 0 radical (unpaired) electrons. The van der Waals surface area contributed by atoms with Crippen LogP contribution in [0.1, 0.15) is 74.9 Å². The van der Waals surface area contributed by atoms with Crippen molar-refractivity contribution in [2.24, 2.45) is 0 Å². The van der Waals surface area contributed by atoms with Crippen LogP contribution in [0.4, 0.5) is 15.3 Å². The molecule has 1 saturated heterocycles. The van der Waals surface area contributed by atoms with Gasteiger partial charge in [-0.25, -0.2) is 9.59 Å². The van der Waals surface area contributed by atoms with Crippen LogP contribution in [-0.2, 0) is 18.8 Å². The van der Waals surface area contributed by atoms with Crippen molar-refractivity contribution in [1.82, 2.24) is 4.98 Å². The maximum atomic E-state index is 13.2.